The van der Waals surface area contributed by atoms with Gasteiger partial charge in [-0.15, -0.1) is 0 Å². The zero-order valence-electron chi connectivity index (χ0n) is 14.6. The van der Waals surface area contributed by atoms with Crippen molar-refractivity contribution in [2.45, 2.75) is 4.90 Å². The number of benzene rings is 2. The molecule has 3 rings (SSSR count). The first-order valence-corrected chi connectivity index (χ1v) is 10.3. The Morgan fingerprint density at radius 1 is 1.00 bits per heavy atom. The molecular weight excluding hydrogens is 350 g/mol. The lowest BCUT2D eigenvalue weighted by atomic mass is 10.1. The molecule has 2 aromatic rings. The fraction of sp³-hybridized carbons (Fsp3) is 0.250. The minimum Gasteiger partial charge on any atom is -0.378 e. The Morgan fingerprint density at radius 2 is 1.62 bits per heavy atom. The number of ether oxygens (including phenoxy) is 1. The number of carbonyl (C=O) groups excluding carboxylic acids is 1. The highest BCUT2D eigenvalue weighted by molar-refractivity contribution is 7.90. The molecular formula is C20H21NO4S. The highest BCUT2D eigenvalue weighted by Gasteiger charge is 2.11. The number of hydrogen-bond donors (Lipinski definition) is 0. The van der Waals surface area contributed by atoms with Gasteiger partial charge in [-0.3, -0.25) is 4.79 Å². The summed E-state index contributed by atoms with van der Waals surface area (Å²) in [6, 6.07) is 14.0. The molecule has 0 spiro atoms. The van der Waals surface area contributed by atoms with E-state index in [1.165, 1.54) is 30.3 Å². The average Bonchev–Trinajstić information content (AvgIpc) is 2.66. The first kappa shape index (κ1) is 18.4. The van der Waals surface area contributed by atoms with Crippen molar-refractivity contribution < 1.29 is 17.9 Å². The summed E-state index contributed by atoms with van der Waals surface area (Å²) in [5.74, 6) is -0.165. The van der Waals surface area contributed by atoms with Crippen molar-refractivity contribution >= 4 is 27.4 Å². The number of ketones is 1. The SMILES string of the molecule is CS(=O)(=O)c1ccc(C(=O)/C=C/c2ccc(N3CCOCC3)cc2)cc1. The van der Waals surface area contributed by atoms with Crippen LogP contribution in [-0.2, 0) is 14.6 Å². The van der Waals surface area contributed by atoms with Crippen LogP contribution in [0.2, 0.25) is 0 Å². The van der Waals surface area contributed by atoms with Gasteiger partial charge in [0.1, 0.15) is 0 Å². The summed E-state index contributed by atoms with van der Waals surface area (Å²) in [6.07, 6.45) is 4.40. The van der Waals surface area contributed by atoms with Crippen LogP contribution >= 0.6 is 0 Å². The van der Waals surface area contributed by atoms with Gasteiger partial charge >= 0.3 is 0 Å². The summed E-state index contributed by atoms with van der Waals surface area (Å²) >= 11 is 0. The van der Waals surface area contributed by atoms with Gasteiger partial charge in [-0.05, 0) is 48.0 Å². The van der Waals surface area contributed by atoms with E-state index in [0.29, 0.717) is 5.56 Å². The summed E-state index contributed by atoms with van der Waals surface area (Å²) in [5, 5.41) is 0. The van der Waals surface area contributed by atoms with Crippen molar-refractivity contribution in [1.29, 1.82) is 0 Å². The van der Waals surface area contributed by atoms with E-state index in [1.54, 1.807) is 6.08 Å². The van der Waals surface area contributed by atoms with Crippen LogP contribution in [0.4, 0.5) is 5.69 Å². The molecule has 6 heteroatoms. The van der Waals surface area contributed by atoms with Crippen LogP contribution in [0.25, 0.3) is 6.08 Å². The van der Waals surface area contributed by atoms with Crippen LogP contribution in [0.15, 0.2) is 59.5 Å². The first-order chi connectivity index (χ1) is 12.4. The summed E-state index contributed by atoms with van der Waals surface area (Å²) in [6.45, 7) is 3.26. The molecule has 0 aromatic heterocycles. The van der Waals surface area contributed by atoms with Crippen molar-refractivity contribution in [3.05, 3.63) is 65.7 Å². The second-order valence-corrected chi connectivity index (χ2v) is 8.20. The number of nitrogens with zero attached hydrogens (tertiary/aromatic N) is 1. The highest BCUT2D eigenvalue weighted by atomic mass is 32.2. The predicted octanol–water partition coefficient (Wildman–Crippen LogP) is 2.82. The Kier molecular flexibility index (Phi) is 5.54. The van der Waals surface area contributed by atoms with Gasteiger partial charge in [-0.25, -0.2) is 8.42 Å². The van der Waals surface area contributed by atoms with Crippen LogP contribution in [0.1, 0.15) is 15.9 Å². The van der Waals surface area contributed by atoms with Crippen LogP contribution in [0.5, 0.6) is 0 Å². The third-order valence-corrected chi connectivity index (χ3v) is 5.39. The van der Waals surface area contributed by atoms with E-state index in [4.69, 9.17) is 4.74 Å². The quantitative estimate of drug-likeness (QED) is 0.597. The van der Waals surface area contributed by atoms with Crippen LogP contribution in [0, 0.1) is 0 Å². The second-order valence-electron chi connectivity index (χ2n) is 6.19. The fourth-order valence-corrected chi connectivity index (χ4v) is 3.38. The van der Waals surface area contributed by atoms with Crippen molar-refractivity contribution in [1.82, 2.24) is 0 Å². The van der Waals surface area contributed by atoms with Crippen molar-refractivity contribution in [3.8, 4) is 0 Å². The maximum Gasteiger partial charge on any atom is 0.185 e. The molecule has 0 bridgehead atoms. The lowest BCUT2D eigenvalue weighted by Gasteiger charge is -2.28. The molecule has 0 unspecified atom stereocenters. The van der Waals surface area contributed by atoms with Gasteiger partial charge in [-0.1, -0.05) is 18.2 Å². The lowest BCUT2D eigenvalue weighted by molar-refractivity contribution is 0.104. The maximum absolute atomic E-state index is 12.2. The number of sulfone groups is 1. The highest BCUT2D eigenvalue weighted by Crippen LogP contribution is 2.18. The maximum atomic E-state index is 12.2. The topological polar surface area (TPSA) is 63.7 Å². The van der Waals surface area contributed by atoms with Gasteiger partial charge in [0.05, 0.1) is 18.1 Å². The molecule has 1 aliphatic heterocycles. The normalized spacial score (nSPS) is 15.3. The third-order valence-electron chi connectivity index (χ3n) is 4.26. The molecule has 1 fully saturated rings. The van der Waals surface area contributed by atoms with Gasteiger partial charge in [-0.2, -0.15) is 0 Å². The van der Waals surface area contributed by atoms with E-state index < -0.39 is 9.84 Å². The molecule has 0 amide bonds. The Morgan fingerprint density at radius 3 is 2.19 bits per heavy atom. The molecule has 136 valence electrons. The minimum absolute atomic E-state index is 0.165. The molecule has 2 aromatic carbocycles. The number of morpholine rings is 1. The number of allylic oxidation sites excluding steroid dienone is 1. The molecule has 0 saturated carbocycles. The van der Waals surface area contributed by atoms with E-state index >= 15 is 0 Å². The Balaban J connectivity index is 1.66. The minimum atomic E-state index is -3.26. The number of rotatable bonds is 5. The smallest absolute Gasteiger partial charge is 0.185 e. The van der Waals surface area contributed by atoms with Crippen molar-refractivity contribution in [3.63, 3.8) is 0 Å². The van der Waals surface area contributed by atoms with Gasteiger partial charge in [0.2, 0.25) is 0 Å². The fourth-order valence-electron chi connectivity index (χ4n) is 2.75. The van der Waals surface area contributed by atoms with E-state index in [2.05, 4.69) is 4.90 Å². The van der Waals surface area contributed by atoms with Crippen LogP contribution in [-0.4, -0.2) is 46.8 Å². The molecule has 0 N–H and O–H groups in total. The Hall–Kier alpha value is -2.44. The van der Waals surface area contributed by atoms with Gasteiger partial charge in [0.25, 0.3) is 0 Å². The summed E-state index contributed by atoms with van der Waals surface area (Å²) in [4.78, 5) is 14.7. The van der Waals surface area contributed by atoms with Crippen LogP contribution in [0.3, 0.4) is 0 Å². The standard InChI is InChI=1S/C20H21NO4S/c1-26(23,24)19-9-5-17(6-10-19)20(22)11-4-16-2-7-18(8-3-16)21-12-14-25-15-13-21/h2-11H,12-15H2,1H3/b11-4+. The molecule has 0 radical (unpaired) electrons. The average molecular weight is 371 g/mol. The molecule has 26 heavy (non-hydrogen) atoms. The summed E-state index contributed by atoms with van der Waals surface area (Å²) in [5.41, 5.74) is 2.54. The number of carbonyl (C=O) groups is 1. The molecule has 1 saturated heterocycles. The number of anilines is 1. The first-order valence-electron chi connectivity index (χ1n) is 8.39. The predicted molar refractivity (Wildman–Crippen MR) is 102 cm³/mol. The zero-order valence-corrected chi connectivity index (χ0v) is 15.4. The second kappa shape index (κ2) is 7.85. The third kappa shape index (κ3) is 4.59. The van der Waals surface area contributed by atoms with Crippen molar-refractivity contribution in [2.75, 3.05) is 37.5 Å². The largest absolute Gasteiger partial charge is 0.378 e. The van der Waals surface area contributed by atoms with E-state index in [0.717, 1.165) is 43.8 Å². The summed E-state index contributed by atoms with van der Waals surface area (Å²) < 4.78 is 28.3. The summed E-state index contributed by atoms with van der Waals surface area (Å²) in [7, 11) is -3.26. The molecule has 1 aliphatic rings. The van der Waals surface area contributed by atoms with E-state index in [9.17, 15) is 13.2 Å². The Bertz CT molecular complexity index is 894. The molecule has 0 aliphatic carbocycles. The zero-order chi connectivity index (χ0) is 18.6. The van der Waals surface area contributed by atoms with Gasteiger partial charge in [0, 0.05) is 30.6 Å². The van der Waals surface area contributed by atoms with Gasteiger partial charge < -0.3 is 9.64 Å². The van der Waals surface area contributed by atoms with E-state index in [1.807, 2.05) is 24.3 Å². The Labute approximate surface area is 153 Å². The van der Waals surface area contributed by atoms with Crippen LogP contribution < -0.4 is 4.90 Å². The molecule has 0 atom stereocenters. The molecule has 1 heterocycles. The molecule has 5 nitrogen and oxygen atoms in total. The van der Waals surface area contributed by atoms with E-state index in [-0.39, 0.29) is 10.7 Å². The van der Waals surface area contributed by atoms with Gasteiger partial charge in [0.15, 0.2) is 15.6 Å². The lowest BCUT2D eigenvalue weighted by Crippen LogP contribution is -2.36. The monoisotopic (exact) mass is 371 g/mol. The van der Waals surface area contributed by atoms with Crippen molar-refractivity contribution in [2.24, 2.45) is 0 Å². The number of hydrogen-bond acceptors (Lipinski definition) is 5.